The van der Waals surface area contributed by atoms with E-state index in [1.54, 1.807) is 61.7 Å². The minimum absolute atomic E-state index is 0.0736. The zero-order valence-corrected chi connectivity index (χ0v) is 24.6. The van der Waals surface area contributed by atoms with Crippen molar-refractivity contribution in [2.24, 2.45) is 5.92 Å². The molecule has 0 aromatic heterocycles. The fourth-order valence-corrected chi connectivity index (χ4v) is 5.70. The fraction of sp³-hybridized carbons (Fsp3) is 0.355. The number of nitrogens with one attached hydrogen (secondary N) is 1. The smallest absolute Gasteiger partial charge is 0.264 e. The molecule has 0 fully saturated rings. The topological polar surface area (TPSA) is 96.0 Å². The summed E-state index contributed by atoms with van der Waals surface area (Å²) >= 11 is 0. The van der Waals surface area contributed by atoms with E-state index in [0.717, 1.165) is 15.4 Å². The number of aryl methyl sites for hydroxylation is 1. The number of methoxy groups -OCH3 is 1. The van der Waals surface area contributed by atoms with Crippen molar-refractivity contribution < 1.29 is 22.7 Å². The molecule has 3 rings (SSSR count). The molecule has 2 amide bonds. The molecule has 8 nitrogen and oxygen atoms in total. The normalized spacial score (nSPS) is 12.1. The maximum absolute atomic E-state index is 14.1. The molecule has 214 valence electrons. The summed E-state index contributed by atoms with van der Waals surface area (Å²) in [5.41, 5.74) is 2.08. The van der Waals surface area contributed by atoms with E-state index in [1.807, 2.05) is 39.8 Å². The Morgan fingerprint density at radius 1 is 0.950 bits per heavy atom. The molecule has 1 atom stereocenters. The van der Waals surface area contributed by atoms with Crippen LogP contribution in [0.3, 0.4) is 0 Å². The lowest BCUT2D eigenvalue weighted by atomic mass is 10.1. The number of hydrogen-bond acceptors (Lipinski definition) is 5. The van der Waals surface area contributed by atoms with Crippen LogP contribution in [0, 0.1) is 12.8 Å². The lowest BCUT2D eigenvalue weighted by molar-refractivity contribution is -0.140. The molecule has 3 aromatic rings. The number of amides is 2. The van der Waals surface area contributed by atoms with Crippen LogP contribution in [0.15, 0.2) is 83.8 Å². The monoisotopic (exact) mass is 565 g/mol. The third-order valence-corrected chi connectivity index (χ3v) is 8.28. The molecule has 1 N–H and O–H groups in total. The van der Waals surface area contributed by atoms with Crippen LogP contribution in [0.4, 0.5) is 5.69 Å². The number of nitrogens with zero attached hydrogens (tertiary/aromatic N) is 2. The van der Waals surface area contributed by atoms with Gasteiger partial charge in [-0.25, -0.2) is 8.42 Å². The van der Waals surface area contributed by atoms with Crippen LogP contribution >= 0.6 is 0 Å². The Morgan fingerprint density at radius 3 is 2.23 bits per heavy atom. The van der Waals surface area contributed by atoms with E-state index in [-0.39, 0.29) is 23.3 Å². The van der Waals surface area contributed by atoms with Crippen LogP contribution in [0.2, 0.25) is 0 Å². The molecule has 0 unspecified atom stereocenters. The van der Waals surface area contributed by atoms with E-state index in [1.165, 1.54) is 17.0 Å². The average molecular weight is 566 g/mol. The zero-order chi connectivity index (χ0) is 29.3. The van der Waals surface area contributed by atoms with Crippen LogP contribution in [0.25, 0.3) is 0 Å². The van der Waals surface area contributed by atoms with Crippen LogP contribution in [0.5, 0.6) is 5.75 Å². The first-order chi connectivity index (χ1) is 19.1. The SMILES string of the molecule is CC[C@H](C(=O)NCC(C)C)N(Cc1cccc(OC)c1)C(=O)CN(c1ccc(C)cc1)S(=O)(=O)c1ccccc1. The van der Waals surface area contributed by atoms with Crippen molar-refractivity contribution in [1.82, 2.24) is 10.2 Å². The van der Waals surface area contributed by atoms with Gasteiger partial charge < -0.3 is 15.0 Å². The predicted octanol–water partition coefficient (Wildman–Crippen LogP) is 4.78. The zero-order valence-electron chi connectivity index (χ0n) is 23.8. The molecule has 0 aliphatic rings. The Bertz CT molecular complexity index is 1380. The van der Waals surface area contributed by atoms with Crippen LogP contribution in [0.1, 0.15) is 38.3 Å². The highest BCUT2D eigenvalue weighted by atomic mass is 32.2. The second kappa shape index (κ2) is 14.0. The molecule has 0 saturated carbocycles. The molecule has 40 heavy (non-hydrogen) atoms. The van der Waals surface area contributed by atoms with Crippen molar-refractivity contribution in [2.45, 2.75) is 51.6 Å². The van der Waals surface area contributed by atoms with Gasteiger partial charge in [0.15, 0.2) is 0 Å². The van der Waals surface area contributed by atoms with Gasteiger partial charge in [0.05, 0.1) is 17.7 Å². The van der Waals surface area contributed by atoms with Gasteiger partial charge in [-0.15, -0.1) is 0 Å². The summed E-state index contributed by atoms with van der Waals surface area (Å²) in [6, 6.07) is 21.5. The van der Waals surface area contributed by atoms with Gasteiger partial charge in [-0.3, -0.25) is 13.9 Å². The third-order valence-electron chi connectivity index (χ3n) is 6.49. The highest BCUT2D eigenvalue weighted by Crippen LogP contribution is 2.25. The standard InChI is InChI=1S/C31H39N3O5S/c1-6-29(31(36)32-20-23(2)3)33(21-25-11-10-12-27(19-25)39-5)30(35)22-34(26-17-15-24(4)16-18-26)40(37,38)28-13-8-7-9-14-28/h7-19,23,29H,6,20-22H2,1-5H3,(H,32,36)/t29-/m1/s1. The van der Waals surface area contributed by atoms with E-state index in [9.17, 15) is 18.0 Å². The Hall–Kier alpha value is -3.85. The maximum Gasteiger partial charge on any atom is 0.264 e. The molecule has 0 heterocycles. The van der Waals surface area contributed by atoms with Gasteiger partial charge in [-0.2, -0.15) is 0 Å². The van der Waals surface area contributed by atoms with E-state index in [0.29, 0.717) is 24.4 Å². The molecule has 9 heteroatoms. The lowest BCUT2D eigenvalue weighted by Gasteiger charge is -2.33. The third kappa shape index (κ3) is 7.85. The molecule has 0 saturated heterocycles. The summed E-state index contributed by atoms with van der Waals surface area (Å²) in [5.74, 6) is 0.0851. The second-order valence-corrected chi connectivity index (χ2v) is 12.0. The quantitative estimate of drug-likeness (QED) is 0.322. The molecule has 0 spiro atoms. The van der Waals surface area contributed by atoms with Crippen molar-refractivity contribution in [1.29, 1.82) is 0 Å². The van der Waals surface area contributed by atoms with E-state index in [2.05, 4.69) is 5.32 Å². The first-order valence-corrected chi connectivity index (χ1v) is 14.8. The number of hydrogen-bond donors (Lipinski definition) is 1. The number of anilines is 1. The van der Waals surface area contributed by atoms with Crippen molar-refractivity contribution in [3.8, 4) is 5.75 Å². The van der Waals surface area contributed by atoms with Gasteiger partial charge in [-0.05, 0) is 61.2 Å². The maximum atomic E-state index is 14.1. The number of rotatable bonds is 13. The number of carbonyl (C=O) groups excluding carboxylic acids is 2. The van der Waals surface area contributed by atoms with Gasteiger partial charge in [0, 0.05) is 13.1 Å². The molecule has 0 aliphatic heterocycles. The molecule has 0 radical (unpaired) electrons. The highest BCUT2D eigenvalue weighted by molar-refractivity contribution is 7.92. The van der Waals surface area contributed by atoms with Gasteiger partial charge in [0.2, 0.25) is 11.8 Å². The second-order valence-electron chi connectivity index (χ2n) is 10.1. The van der Waals surface area contributed by atoms with Crippen LogP contribution < -0.4 is 14.4 Å². The minimum atomic E-state index is -4.09. The number of ether oxygens (including phenoxy) is 1. The average Bonchev–Trinajstić information content (AvgIpc) is 2.95. The number of benzene rings is 3. The van der Waals surface area contributed by atoms with Crippen molar-refractivity contribution >= 4 is 27.5 Å². The minimum Gasteiger partial charge on any atom is -0.497 e. The van der Waals surface area contributed by atoms with Crippen molar-refractivity contribution in [3.63, 3.8) is 0 Å². The van der Waals surface area contributed by atoms with Gasteiger partial charge in [-0.1, -0.05) is 68.8 Å². The fourth-order valence-electron chi connectivity index (χ4n) is 4.27. The Labute approximate surface area is 238 Å². The molecule has 0 bridgehead atoms. The van der Waals surface area contributed by atoms with Gasteiger partial charge in [0.1, 0.15) is 18.3 Å². The van der Waals surface area contributed by atoms with Crippen LogP contribution in [-0.2, 0) is 26.2 Å². The van der Waals surface area contributed by atoms with Crippen LogP contribution in [-0.4, -0.2) is 51.4 Å². The van der Waals surface area contributed by atoms with Gasteiger partial charge >= 0.3 is 0 Å². The summed E-state index contributed by atoms with van der Waals surface area (Å²) in [4.78, 5) is 28.9. The van der Waals surface area contributed by atoms with Crippen molar-refractivity contribution in [3.05, 3.63) is 90.0 Å². The summed E-state index contributed by atoms with van der Waals surface area (Å²) in [6.07, 6.45) is 0.357. The molecular formula is C31H39N3O5S. The number of carbonyl (C=O) groups is 2. The Balaban J connectivity index is 2.04. The summed E-state index contributed by atoms with van der Waals surface area (Å²) < 4.78 is 34.1. The van der Waals surface area contributed by atoms with Crippen molar-refractivity contribution in [2.75, 3.05) is 24.5 Å². The predicted molar refractivity (Wildman–Crippen MR) is 158 cm³/mol. The summed E-state index contributed by atoms with van der Waals surface area (Å²) in [6.45, 7) is 7.83. The summed E-state index contributed by atoms with van der Waals surface area (Å²) in [5, 5.41) is 2.93. The number of sulfonamides is 1. The molecule has 3 aromatic carbocycles. The first kappa shape index (κ1) is 30.7. The highest BCUT2D eigenvalue weighted by Gasteiger charge is 2.33. The van der Waals surface area contributed by atoms with Gasteiger partial charge in [0.25, 0.3) is 10.0 Å². The lowest BCUT2D eigenvalue weighted by Crippen LogP contribution is -2.52. The summed E-state index contributed by atoms with van der Waals surface area (Å²) in [7, 11) is -2.53. The largest absolute Gasteiger partial charge is 0.497 e. The molecule has 0 aliphatic carbocycles. The Morgan fingerprint density at radius 2 is 1.62 bits per heavy atom. The van der Waals surface area contributed by atoms with E-state index < -0.39 is 28.5 Å². The molecular weight excluding hydrogens is 526 g/mol. The van der Waals surface area contributed by atoms with E-state index in [4.69, 9.17) is 4.74 Å². The first-order valence-electron chi connectivity index (χ1n) is 13.4. The van der Waals surface area contributed by atoms with E-state index >= 15 is 0 Å². The Kier molecular flexibility index (Phi) is 10.7.